The second-order valence-electron chi connectivity index (χ2n) is 7.30. The summed E-state index contributed by atoms with van der Waals surface area (Å²) in [6, 6.07) is 11.8. The number of carbonyl (C=O) groups is 2. The summed E-state index contributed by atoms with van der Waals surface area (Å²) in [5, 5.41) is 5.92. The number of nitrogens with zero attached hydrogens (tertiary/aromatic N) is 2. The number of imide groups is 1. The van der Waals surface area contributed by atoms with Crippen LogP contribution in [-0.2, 0) is 9.59 Å². The van der Waals surface area contributed by atoms with E-state index in [0.29, 0.717) is 5.76 Å². The molecule has 2 bridgehead atoms. The Morgan fingerprint density at radius 2 is 1.70 bits per heavy atom. The quantitative estimate of drug-likeness (QED) is 0.460. The molecule has 2 heterocycles. The SMILES string of the molecule is Cc1ccc(Sc2ccc(C=NN3C(=O)[C@@H]4[C@H](C3=O)[C@H]3C=C[C@H]4C3)o2)cc1. The molecule has 0 N–H and O–H groups in total. The van der Waals surface area contributed by atoms with Gasteiger partial charge in [0.15, 0.2) is 5.09 Å². The molecule has 5 rings (SSSR count). The molecule has 0 unspecified atom stereocenters. The summed E-state index contributed by atoms with van der Waals surface area (Å²) in [5.74, 6) is 0.0829. The van der Waals surface area contributed by atoms with E-state index in [-0.39, 0.29) is 35.5 Å². The van der Waals surface area contributed by atoms with Gasteiger partial charge in [-0.3, -0.25) is 9.59 Å². The van der Waals surface area contributed by atoms with E-state index in [1.54, 1.807) is 6.07 Å². The molecule has 136 valence electrons. The van der Waals surface area contributed by atoms with Crippen LogP contribution in [0.4, 0.5) is 0 Å². The second-order valence-corrected chi connectivity index (χ2v) is 8.38. The van der Waals surface area contributed by atoms with Crippen molar-refractivity contribution in [3.63, 3.8) is 0 Å². The number of aryl methyl sites for hydroxylation is 1. The first kappa shape index (κ1) is 16.6. The lowest BCUT2D eigenvalue weighted by Crippen LogP contribution is -2.28. The van der Waals surface area contributed by atoms with Crippen molar-refractivity contribution in [2.45, 2.75) is 23.3 Å². The van der Waals surface area contributed by atoms with Crippen molar-refractivity contribution in [3.8, 4) is 0 Å². The smallest absolute Gasteiger partial charge is 0.254 e. The van der Waals surface area contributed by atoms with Crippen molar-refractivity contribution in [3.05, 3.63) is 59.9 Å². The molecule has 2 aromatic rings. The molecule has 6 heteroatoms. The topological polar surface area (TPSA) is 62.9 Å². The highest BCUT2D eigenvalue weighted by atomic mass is 32.2. The molecule has 3 aliphatic rings. The molecule has 1 aromatic heterocycles. The summed E-state index contributed by atoms with van der Waals surface area (Å²) in [6.45, 7) is 2.05. The summed E-state index contributed by atoms with van der Waals surface area (Å²) >= 11 is 1.51. The van der Waals surface area contributed by atoms with Crippen LogP contribution in [0.25, 0.3) is 0 Å². The van der Waals surface area contributed by atoms with Gasteiger partial charge in [-0.2, -0.15) is 10.1 Å². The Labute approximate surface area is 161 Å². The highest BCUT2D eigenvalue weighted by Gasteiger charge is 2.59. The van der Waals surface area contributed by atoms with Gasteiger partial charge < -0.3 is 4.42 Å². The first-order chi connectivity index (χ1) is 13.1. The minimum atomic E-state index is -0.228. The fraction of sp³-hybridized carbons (Fsp3) is 0.286. The van der Waals surface area contributed by atoms with Gasteiger partial charge >= 0.3 is 0 Å². The van der Waals surface area contributed by atoms with Gasteiger partial charge in [-0.05, 0) is 49.4 Å². The zero-order chi connectivity index (χ0) is 18.5. The van der Waals surface area contributed by atoms with E-state index in [9.17, 15) is 9.59 Å². The number of hydrogen-bond acceptors (Lipinski definition) is 5. The predicted molar refractivity (Wildman–Crippen MR) is 101 cm³/mol. The molecular weight excluding hydrogens is 360 g/mol. The van der Waals surface area contributed by atoms with Gasteiger partial charge in [-0.1, -0.05) is 41.6 Å². The minimum Gasteiger partial charge on any atom is -0.448 e. The van der Waals surface area contributed by atoms with Crippen molar-refractivity contribution in [1.82, 2.24) is 5.01 Å². The van der Waals surface area contributed by atoms with E-state index >= 15 is 0 Å². The molecule has 0 radical (unpaired) electrons. The molecule has 5 nitrogen and oxygen atoms in total. The van der Waals surface area contributed by atoms with Gasteiger partial charge in [-0.25, -0.2) is 0 Å². The van der Waals surface area contributed by atoms with E-state index in [0.717, 1.165) is 21.4 Å². The Balaban J connectivity index is 1.29. The molecular formula is C21H18N2O3S. The molecule has 0 spiro atoms. The summed E-state index contributed by atoms with van der Waals surface area (Å²) in [7, 11) is 0. The van der Waals surface area contributed by atoms with E-state index < -0.39 is 0 Å². The average molecular weight is 378 g/mol. The monoisotopic (exact) mass is 378 g/mol. The van der Waals surface area contributed by atoms with Crippen LogP contribution in [0.3, 0.4) is 0 Å². The summed E-state index contributed by atoms with van der Waals surface area (Å²) in [5.41, 5.74) is 1.21. The number of benzene rings is 1. The number of furan rings is 1. The van der Waals surface area contributed by atoms with Gasteiger partial charge in [0.25, 0.3) is 11.8 Å². The number of rotatable bonds is 4. The van der Waals surface area contributed by atoms with Crippen LogP contribution in [0, 0.1) is 30.6 Å². The van der Waals surface area contributed by atoms with Crippen LogP contribution < -0.4 is 0 Å². The van der Waals surface area contributed by atoms with Crippen molar-refractivity contribution >= 4 is 29.8 Å². The number of amides is 2. The molecule has 2 fully saturated rings. The van der Waals surface area contributed by atoms with Crippen molar-refractivity contribution < 1.29 is 14.0 Å². The molecule has 1 aromatic carbocycles. The Bertz CT molecular complexity index is 946. The lowest BCUT2D eigenvalue weighted by atomic mass is 9.85. The molecule has 2 amide bonds. The molecule has 1 aliphatic heterocycles. The third-order valence-electron chi connectivity index (χ3n) is 5.59. The molecule has 4 atom stereocenters. The van der Waals surface area contributed by atoms with E-state index in [4.69, 9.17) is 4.42 Å². The minimum absolute atomic E-state index is 0.182. The van der Waals surface area contributed by atoms with E-state index in [1.807, 2.05) is 25.1 Å². The maximum absolute atomic E-state index is 12.6. The number of allylic oxidation sites excluding steroid dienone is 2. The number of hydrazone groups is 1. The Hall–Kier alpha value is -2.60. The molecule has 1 saturated heterocycles. The van der Waals surface area contributed by atoms with Crippen LogP contribution in [0.15, 0.2) is 68.1 Å². The van der Waals surface area contributed by atoms with Crippen molar-refractivity contribution in [2.75, 3.05) is 0 Å². The Kier molecular flexibility index (Phi) is 3.82. The van der Waals surface area contributed by atoms with Gasteiger partial charge in [0.1, 0.15) is 5.76 Å². The predicted octanol–water partition coefficient (Wildman–Crippen LogP) is 3.88. The van der Waals surface area contributed by atoms with E-state index in [2.05, 4.69) is 29.4 Å². The standard InChI is InChI=1S/C21H18N2O3S/c1-12-2-7-16(8-3-12)27-17-9-6-15(26-17)11-22-23-20(24)18-13-4-5-14(10-13)19(18)21(23)25/h2-9,11,13-14,18-19H,10H2,1H3/t13-,14-,18-,19+/m0/s1. The zero-order valence-electron chi connectivity index (χ0n) is 14.7. The van der Waals surface area contributed by atoms with Gasteiger partial charge in [-0.15, -0.1) is 0 Å². The zero-order valence-corrected chi connectivity index (χ0v) is 15.6. The maximum atomic E-state index is 12.6. The number of fused-ring (bicyclic) bond motifs is 5. The molecule has 1 saturated carbocycles. The number of hydrogen-bond donors (Lipinski definition) is 0. The number of carbonyl (C=O) groups excluding carboxylic acids is 2. The first-order valence-corrected chi connectivity index (χ1v) is 9.86. The normalized spacial score (nSPS) is 28.7. The van der Waals surface area contributed by atoms with Crippen LogP contribution in [0.2, 0.25) is 0 Å². The molecule has 27 heavy (non-hydrogen) atoms. The average Bonchev–Trinajstić information content (AvgIpc) is 3.42. The fourth-order valence-corrected chi connectivity index (χ4v) is 5.07. The first-order valence-electron chi connectivity index (χ1n) is 9.04. The van der Waals surface area contributed by atoms with Crippen LogP contribution >= 0.6 is 11.8 Å². The van der Waals surface area contributed by atoms with Gasteiger partial charge in [0.2, 0.25) is 0 Å². The van der Waals surface area contributed by atoms with Crippen LogP contribution in [-0.4, -0.2) is 23.0 Å². The van der Waals surface area contributed by atoms with E-state index in [1.165, 1.54) is 23.5 Å². The summed E-state index contributed by atoms with van der Waals surface area (Å²) in [6.07, 6.45) is 6.52. The van der Waals surface area contributed by atoms with Crippen molar-refractivity contribution in [2.24, 2.45) is 28.8 Å². The Morgan fingerprint density at radius 3 is 2.37 bits per heavy atom. The van der Waals surface area contributed by atoms with Gasteiger partial charge in [0, 0.05) is 4.90 Å². The largest absolute Gasteiger partial charge is 0.448 e. The maximum Gasteiger partial charge on any atom is 0.254 e. The fourth-order valence-electron chi connectivity index (χ4n) is 4.30. The molecule has 2 aliphatic carbocycles. The lowest BCUT2D eigenvalue weighted by Gasteiger charge is -2.13. The Morgan fingerprint density at radius 1 is 1.04 bits per heavy atom. The van der Waals surface area contributed by atoms with Gasteiger partial charge in [0.05, 0.1) is 18.1 Å². The summed E-state index contributed by atoms with van der Waals surface area (Å²) in [4.78, 5) is 26.3. The highest BCUT2D eigenvalue weighted by Crippen LogP contribution is 2.52. The second kappa shape index (κ2) is 6.23. The van der Waals surface area contributed by atoms with Crippen molar-refractivity contribution in [1.29, 1.82) is 0 Å². The highest BCUT2D eigenvalue weighted by molar-refractivity contribution is 7.99. The summed E-state index contributed by atoms with van der Waals surface area (Å²) < 4.78 is 5.75. The van der Waals surface area contributed by atoms with Crippen LogP contribution in [0.1, 0.15) is 17.7 Å². The lowest BCUT2D eigenvalue weighted by molar-refractivity contribution is -0.140. The third kappa shape index (κ3) is 2.75. The van der Waals surface area contributed by atoms with Crippen LogP contribution in [0.5, 0.6) is 0 Å². The third-order valence-corrected chi connectivity index (χ3v) is 6.52.